The maximum Gasteiger partial charge on any atom is 0.322 e. The van der Waals surface area contributed by atoms with E-state index >= 15 is 0 Å². The fraction of sp³-hybridized carbons (Fsp3) is 0.353. The first-order valence-electron chi connectivity index (χ1n) is 8.95. The Morgan fingerprint density at radius 1 is 1.25 bits per heavy atom. The number of nitrogens with one attached hydrogen (secondary N) is 3. The zero-order valence-corrected chi connectivity index (χ0v) is 17.4. The number of carboxylic acids is 2. The van der Waals surface area contributed by atoms with E-state index < -0.39 is 47.3 Å². The molecule has 0 radical (unpaired) electrons. The van der Waals surface area contributed by atoms with Crippen molar-refractivity contribution in [1.82, 2.24) is 10.6 Å². The number of amidine groups is 1. The summed E-state index contributed by atoms with van der Waals surface area (Å²) in [5, 5.41) is 40.7. The number of carboxylic acid groups (broad SMARTS) is 2. The van der Waals surface area contributed by atoms with Gasteiger partial charge in [0.05, 0.1) is 9.82 Å². The number of aliphatic carboxylic acids is 2. The number of thioether (sulfide) groups is 1. The quantitative estimate of drug-likeness (QED) is 0.0595. The average molecular weight is 470 g/mol. The van der Waals surface area contributed by atoms with Gasteiger partial charge in [0.25, 0.3) is 5.69 Å². The van der Waals surface area contributed by atoms with Gasteiger partial charge in [-0.2, -0.15) is 0 Å². The van der Waals surface area contributed by atoms with Crippen LogP contribution in [-0.4, -0.2) is 69.1 Å². The Morgan fingerprint density at radius 2 is 1.91 bits per heavy atom. The van der Waals surface area contributed by atoms with Gasteiger partial charge in [0.2, 0.25) is 11.8 Å². The average Bonchev–Trinajstić information content (AvgIpc) is 2.72. The minimum atomic E-state index is -1.32. The van der Waals surface area contributed by atoms with Gasteiger partial charge in [0.15, 0.2) is 0 Å². The third-order valence-corrected chi connectivity index (χ3v) is 5.09. The number of hydrogen-bond donors (Lipinski definition) is 7. The Bertz CT molecular complexity index is 924. The van der Waals surface area contributed by atoms with Crippen LogP contribution in [0.4, 0.5) is 5.69 Å². The van der Waals surface area contributed by atoms with Crippen molar-refractivity contribution < 1.29 is 34.3 Å². The Hall–Kier alpha value is -3.72. The molecule has 0 aromatic heterocycles. The maximum absolute atomic E-state index is 12.3. The summed E-state index contributed by atoms with van der Waals surface area (Å²) in [4.78, 5) is 56.6. The van der Waals surface area contributed by atoms with Crippen LogP contribution in [0, 0.1) is 15.5 Å². The summed E-state index contributed by atoms with van der Waals surface area (Å²) in [6.45, 7) is -0.715. The van der Waals surface area contributed by atoms with Gasteiger partial charge in [-0.15, -0.1) is 11.8 Å². The zero-order valence-electron chi connectivity index (χ0n) is 16.6. The van der Waals surface area contributed by atoms with Crippen molar-refractivity contribution in [3.8, 4) is 0 Å². The molecule has 0 fully saturated rings. The molecule has 2 unspecified atom stereocenters. The molecule has 9 N–H and O–H groups in total. The Labute approximate surface area is 185 Å². The van der Waals surface area contributed by atoms with Gasteiger partial charge in [-0.25, -0.2) is 0 Å². The molecule has 0 heterocycles. The monoisotopic (exact) mass is 470 g/mol. The first kappa shape index (κ1) is 26.3. The van der Waals surface area contributed by atoms with E-state index in [1.54, 1.807) is 0 Å². The molecule has 2 atom stereocenters. The highest BCUT2D eigenvalue weighted by molar-refractivity contribution is 7.99. The summed E-state index contributed by atoms with van der Waals surface area (Å²) in [5.74, 6) is -4.76. The molecule has 0 aliphatic heterocycles. The highest BCUT2D eigenvalue weighted by atomic mass is 32.2. The number of nitro groups is 1. The van der Waals surface area contributed by atoms with Crippen molar-refractivity contribution in [3.63, 3.8) is 0 Å². The molecule has 1 aromatic rings. The molecular formula is C17H22N6O8S. The van der Waals surface area contributed by atoms with Crippen LogP contribution in [0.5, 0.6) is 0 Å². The lowest BCUT2D eigenvalue weighted by Crippen LogP contribution is -2.49. The lowest BCUT2D eigenvalue weighted by atomic mass is 10.1. The molecular weight excluding hydrogens is 448 g/mol. The number of hydrogen-bond acceptors (Lipinski definition) is 9. The number of nitrogens with zero attached hydrogens (tertiary/aromatic N) is 1. The SMILES string of the molecule is N=C(N)c1ccc(SCC(NC(=O)CCC(N)C(=O)O)C(=O)NCC(=O)O)c([N+](=O)[O-])c1. The normalized spacial score (nSPS) is 12.3. The van der Waals surface area contributed by atoms with Crippen LogP contribution in [0.1, 0.15) is 18.4 Å². The van der Waals surface area contributed by atoms with Crippen LogP contribution in [0.25, 0.3) is 0 Å². The van der Waals surface area contributed by atoms with Crippen molar-refractivity contribution in [3.05, 3.63) is 33.9 Å². The molecule has 0 bridgehead atoms. The zero-order chi connectivity index (χ0) is 24.4. The summed E-state index contributed by atoms with van der Waals surface area (Å²) >= 11 is 0.843. The Kier molecular flexibility index (Phi) is 10.0. The second-order valence-electron chi connectivity index (χ2n) is 6.38. The summed E-state index contributed by atoms with van der Waals surface area (Å²) < 4.78 is 0. The van der Waals surface area contributed by atoms with Crippen LogP contribution in [0.15, 0.2) is 23.1 Å². The lowest BCUT2D eigenvalue weighted by molar-refractivity contribution is -0.387. The van der Waals surface area contributed by atoms with Gasteiger partial charge in [0, 0.05) is 23.8 Å². The number of nitrogen functional groups attached to an aromatic ring is 1. The van der Waals surface area contributed by atoms with Gasteiger partial charge in [-0.1, -0.05) is 0 Å². The third-order valence-electron chi connectivity index (χ3n) is 3.94. The highest BCUT2D eigenvalue weighted by Gasteiger charge is 2.25. The largest absolute Gasteiger partial charge is 0.480 e. The molecule has 0 spiro atoms. The summed E-state index contributed by atoms with van der Waals surface area (Å²) in [6.07, 6.45) is -0.510. The topological polar surface area (TPSA) is 252 Å². The van der Waals surface area contributed by atoms with Gasteiger partial charge in [0.1, 0.15) is 24.5 Å². The van der Waals surface area contributed by atoms with Crippen LogP contribution in [0.2, 0.25) is 0 Å². The van der Waals surface area contributed by atoms with Crippen molar-refractivity contribution in [1.29, 1.82) is 5.41 Å². The minimum Gasteiger partial charge on any atom is -0.480 e. The number of carbonyl (C=O) groups excluding carboxylic acids is 2. The van der Waals surface area contributed by atoms with Gasteiger partial charge >= 0.3 is 11.9 Å². The second kappa shape index (κ2) is 12.2. The van der Waals surface area contributed by atoms with Gasteiger partial charge in [-0.05, 0) is 18.6 Å². The van der Waals surface area contributed by atoms with Crippen LogP contribution < -0.4 is 22.1 Å². The van der Waals surface area contributed by atoms with E-state index in [0.29, 0.717) is 0 Å². The van der Waals surface area contributed by atoms with Gasteiger partial charge in [-0.3, -0.25) is 34.7 Å². The molecule has 174 valence electrons. The van der Waals surface area contributed by atoms with Crippen LogP contribution >= 0.6 is 11.8 Å². The van der Waals surface area contributed by atoms with Crippen molar-refractivity contribution >= 4 is 47.0 Å². The molecule has 14 nitrogen and oxygen atoms in total. The van der Waals surface area contributed by atoms with Crippen LogP contribution in [0.3, 0.4) is 0 Å². The number of carbonyl (C=O) groups is 4. The predicted octanol–water partition coefficient (Wildman–Crippen LogP) is -1.15. The molecule has 1 aromatic carbocycles. The van der Waals surface area contributed by atoms with E-state index in [2.05, 4.69) is 10.6 Å². The molecule has 0 saturated carbocycles. The van der Waals surface area contributed by atoms with E-state index in [1.165, 1.54) is 12.1 Å². The molecule has 2 amide bonds. The van der Waals surface area contributed by atoms with E-state index in [-0.39, 0.29) is 40.6 Å². The molecule has 15 heteroatoms. The second-order valence-corrected chi connectivity index (χ2v) is 7.44. The van der Waals surface area contributed by atoms with E-state index in [1.807, 2.05) is 0 Å². The van der Waals surface area contributed by atoms with E-state index in [4.69, 9.17) is 27.1 Å². The third kappa shape index (κ3) is 8.57. The first-order chi connectivity index (χ1) is 14.9. The minimum absolute atomic E-state index is 0.123. The number of nitrogens with two attached hydrogens (primary N) is 2. The molecule has 32 heavy (non-hydrogen) atoms. The number of rotatable bonds is 13. The fourth-order valence-electron chi connectivity index (χ4n) is 2.27. The summed E-state index contributed by atoms with van der Waals surface area (Å²) in [5.41, 5.74) is 10.4. The smallest absolute Gasteiger partial charge is 0.322 e. The first-order valence-corrected chi connectivity index (χ1v) is 9.93. The van der Waals surface area contributed by atoms with E-state index in [9.17, 15) is 29.3 Å². The predicted molar refractivity (Wildman–Crippen MR) is 112 cm³/mol. The lowest BCUT2D eigenvalue weighted by Gasteiger charge is -2.18. The summed E-state index contributed by atoms with van der Waals surface area (Å²) in [7, 11) is 0. The Morgan fingerprint density at radius 3 is 2.44 bits per heavy atom. The number of amides is 2. The molecule has 0 aliphatic carbocycles. The van der Waals surface area contributed by atoms with Crippen LogP contribution in [-0.2, 0) is 19.2 Å². The Balaban J connectivity index is 2.96. The highest BCUT2D eigenvalue weighted by Crippen LogP contribution is 2.30. The van der Waals surface area contributed by atoms with Crippen molar-refractivity contribution in [2.75, 3.05) is 12.3 Å². The molecule has 1 rings (SSSR count). The molecule has 0 aliphatic rings. The molecule has 0 saturated heterocycles. The number of nitro benzene ring substituents is 1. The standard InChI is InChI=1S/C17H22N6O8S/c18-9(17(28)29)2-4-13(24)22-10(16(27)21-6-14(25)26)7-32-12-3-1-8(15(19)20)5-11(12)23(30)31/h1,3,5,9-10H,2,4,6-7,18H2,(H3,19,20)(H,21,27)(H,22,24)(H,25,26)(H,28,29). The van der Waals surface area contributed by atoms with Crippen molar-refractivity contribution in [2.45, 2.75) is 29.8 Å². The van der Waals surface area contributed by atoms with Gasteiger partial charge < -0.3 is 32.3 Å². The summed E-state index contributed by atoms with van der Waals surface area (Å²) in [6, 6.07) is 1.25. The number of benzene rings is 1. The fourth-order valence-corrected chi connectivity index (χ4v) is 3.29. The van der Waals surface area contributed by atoms with Crippen molar-refractivity contribution in [2.24, 2.45) is 11.5 Å². The van der Waals surface area contributed by atoms with E-state index in [0.717, 1.165) is 17.8 Å². The maximum atomic E-state index is 12.3.